The van der Waals surface area contributed by atoms with Crippen molar-refractivity contribution >= 4 is 9.84 Å². The molecule has 177 valence electrons. The van der Waals surface area contributed by atoms with E-state index in [4.69, 9.17) is 0 Å². The average Bonchev–Trinajstić information content (AvgIpc) is 2.64. The van der Waals surface area contributed by atoms with Gasteiger partial charge in [0, 0.05) is 39.0 Å². The molecule has 2 rings (SSSR count). The first-order chi connectivity index (χ1) is 13.2. The van der Waals surface area contributed by atoms with Crippen molar-refractivity contribution in [3.8, 4) is 0 Å². The molecular weight excluding hydrogens is 477 g/mol. The van der Waals surface area contributed by atoms with E-state index < -0.39 is 9.84 Å². The van der Waals surface area contributed by atoms with Crippen LogP contribution in [0.15, 0.2) is 53.4 Å². The normalized spacial score (nSPS) is 10.3. The van der Waals surface area contributed by atoms with Crippen LogP contribution >= 0.6 is 0 Å². The molecule has 0 aromatic heterocycles. The van der Waals surface area contributed by atoms with Gasteiger partial charge in [-0.15, -0.1) is 0 Å². The summed E-state index contributed by atoms with van der Waals surface area (Å²) in [5.41, 5.74) is 4.23. The molecule has 4 heteroatoms. The molecule has 0 saturated heterocycles. The predicted molar refractivity (Wildman–Crippen MR) is 137 cm³/mol. The number of sulfone groups is 1. The van der Waals surface area contributed by atoms with Gasteiger partial charge in [0.25, 0.3) is 0 Å². The van der Waals surface area contributed by atoms with E-state index in [0.29, 0.717) is 4.90 Å². The summed E-state index contributed by atoms with van der Waals surface area (Å²) in [6, 6.07) is 15.8. The van der Waals surface area contributed by atoms with Gasteiger partial charge < -0.3 is 7.43 Å². The van der Waals surface area contributed by atoms with Gasteiger partial charge in [-0.1, -0.05) is 111 Å². The molecule has 0 atom stereocenters. The van der Waals surface area contributed by atoms with E-state index in [1.165, 1.54) is 17.4 Å². The number of rotatable bonds is 1. The zero-order chi connectivity index (χ0) is 23.5. The number of benzene rings is 2. The molecule has 31 heavy (non-hydrogen) atoms. The summed E-state index contributed by atoms with van der Waals surface area (Å²) in [5.74, 6) is 0. The molecule has 2 aromatic carbocycles. The second-order valence-corrected chi connectivity index (χ2v) is 10.7. The Bertz CT molecular complexity index is 777. The zero-order valence-electron chi connectivity index (χ0n) is 22.4. The molecule has 0 heterocycles. The first-order valence-electron chi connectivity index (χ1n) is 10.6. The van der Waals surface area contributed by atoms with Crippen molar-refractivity contribution < 1.29 is 41.1 Å². The Kier molecular flexibility index (Phi) is 20.8. The summed E-state index contributed by atoms with van der Waals surface area (Å²) in [5, 5.41) is 0. The van der Waals surface area contributed by atoms with Crippen LogP contribution < -0.4 is 0 Å². The fourth-order valence-electron chi connectivity index (χ4n) is 2.26. The molecule has 1 radical (unpaired) electrons. The number of hydrogen-bond donors (Lipinski definition) is 0. The average molecular weight is 525 g/mol. The Morgan fingerprint density at radius 1 is 0.613 bits per heavy atom. The smallest absolute Gasteiger partial charge is 0.175 e. The van der Waals surface area contributed by atoms with Gasteiger partial charge in [0.05, 0.1) is 4.90 Å². The Morgan fingerprint density at radius 2 is 0.871 bits per heavy atom. The van der Waals surface area contributed by atoms with Crippen molar-refractivity contribution in [2.45, 2.75) is 91.9 Å². The fraction of sp³-hybridized carbons (Fsp3) is 0.519. The molecule has 0 aliphatic heterocycles. The van der Waals surface area contributed by atoms with E-state index in [1.54, 1.807) is 12.1 Å². The van der Waals surface area contributed by atoms with Crippen molar-refractivity contribution in [1.82, 2.24) is 0 Å². The summed E-state index contributed by atoms with van der Waals surface area (Å²) >= 11 is 0. The van der Waals surface area contributed by atoms with Gasteiger partial charge in [-0.3, -0.25) is 0 Å². The van der Waals surface area contributed by atoms with Crippen molar-refractivity contribution in [2.75, 3.05) is 6.26 Å². The van der Waals surface area contributed by atoms with Crippen molar-refractivity contribution in [3.63, 3.8) is 0 Å². The summed E-state index contributed by atoms with van der Waals surface area (Å²) < 4.78 is 22.4. The molecule has 0 saturated carbocycles. The molecule has 0 aliphatic carbocycles. The monoisotopic (exact) mass is 524 g/mol. The summed E-state index contributed by atoms with van der Waals surface area (Å²) in [6.45, 7) is 23.1. The summed E-state index contributed by atoms with van der Waals surface area (Å²) in [7, 11) is -3.07. The molecule has 0 unspecified atom stereocenters. The first-order valence-corrected chi connectivity index (χ1v) is 12.5. The van der Waals surface area contributed by atoms with Crippen LogP contribution in [0.1, 0.15) is 85.9 Å². The minimum Gasteiger partial charge on any atom is -0.358 e. The molecular formula is C27H47O2SY-. The molecule has 2 aromatic rings. The maximum atomic E-state index is 11.2. The van der Waals surface area contributed by atoms with Gasteiger partial charge in [0.2, 0.25) is 0 Å². The van der Waals surface area contributed by atoms with Gasteiger partial charge in [0.1, 0.15) is 0 Å². The summed E-state index contributed by atoms with van der Waals surface area (Å²) in [4.78, 5) is 0.380. The van der Waals surface area contributed by atoms with Crippen LogP contribution in [-0.2, 0) is 53.4 Å². The van der Waals surface area contributed by atoms with E-state index in [-0.39, 0.29) is 51.0 Å². The standard InChI is InChI=1S/C11H16O2S.C11H16.2C2H6.CH3.Y/c1-11(2,3)9-5-7-10(8-6-9)14(4,12)13;1-9-5-7-10(8-6-9)11(2,3)4;2*1-2;;/h5-8H,1-4H3;5-8H,1-4H3;2*1-2H3;1H3;/q;;;;-1;. The maximum absolute atomic E-state index is 11.2. The van der Waals surface area contributed by atoms with E-state index in [2.05, 4.69) is 72.7 Å². The number of aryl methyl sites for hydroxylation is 1. The molecule has 0 bridgehead atoms. The minimum absolute atomic E-state index is 0. The van der Waals surface area contributed by atoms with E-state index in [1.807, 2.05) is 39.8 Å². The van der Waals surface area contributed by atoms with Crippen LogP contribution in [0.5, 0.6) is 0 Å². The fourth-order valence-corrected chi connectivity index (χ4v) is 2.89. The third-order valence-electron chi connectivity index (χ3n) is 4.07. The Hall–Kier alpha value is -0.506. The van der Waals surface area contributed by atoms with Crippen LogP contribution in [0.2, 0.25) is 0 Å². The van der Waals surface area contributed by atoms with Crippen LogP contribution in [0.25, 0.3) is 0 Å². The molecule has 0 amide bonds. The van der Waals surface area contributed by atoms with Gasteiger partial charge in [-0.05, 0) is 41.0 Å². The third kappa shape index (κ3) is 15.9. The van der Waals surface area contributed by atoms with Crippen LogP contribution in [0.3, 0.4) is 0 Å². The maximum Gasteiger partial charge on any atom is 0.175 e. The largest absolute Gasteiger partial charge is 0.358 e. The van der Waals surface area contributed by atoms with Gasteiger partial charge in [0.15, 0.2) is 9.84 Å². The Labute approximate surface area is 220 Å². The molecule has 0 fully saturated rings. The van der Waals surface area contributed by atoms with Crippen molar-refractivity contribution in [3.05, 3.63) is 72.6 Å². The SMILES string of the molecule is CC.CC.CC(C)(C)c1ccc(S(C)(=O)=O)cc1.Cc1ccc(C(C)(C)C)cc1.[CH3-].[Y]. The molecule has 0 spiro atoms. The number of hydrogen-bond acceptors (Lipinski definition) is 2. The molecule has 0 N–H and O–H groups in total. The molecule has 0 aliphatic rings. The van der Waals surface area contributed by atoms with Gasteiger partial charge in [-0.25, -0.2) is 8.42 Å². The first kappa shape index (κ1) is 37.8. The van der Waals surface area contributed by atoms with E-state index >= 15 is 0 Å². The minimum atomic E-state index is -3.07. The second-order valence-electron chi connectivity index (χ2n) is 8.66. The third-order valence-corrected chi connectivity index (χ3v) is 5.19. The second kappa shape index (κ2) is 17.0. The van der Waals surface area contributed by atoms with E-state index in [9.17, 15) is 8.42 Å². The van der Waals surface area contributed by atoms with Gasteiger partial charge in [-0.2, -0.15) is 0 Å². The van der Waals surface area contributed by atoms with E-state index in [0.717, 1.165) is 5.56 Å². The predicted octanol–water partition coefficient (Wildman–Crippen LogP) is 8.18. The summed E-state index contributed by atoms with van der Waals surface area (Å²) in [6.07, 6.45) is 1.22. The molecule has 2 nitrogen and oxygen atoms in total. The topological polar surface area (TPSA) is 34.1 Å². The zero-order valence-corrected chi connectivity index (χ0v) is 26.1. The Balaban J connectivity index is -0.000000195. The Morgan fingerprint density at radius 3 is 1.10 bits per heavy atom. The van der Waals surface area contributed by atoms with Crippen LogP contribution in [0.4, 0.5) is 0 Å². The van der Waals surface area contributed by atoms with Crippen molar-refractivity contribution in [2.24, 2.45) is 0 Å². The van der Waals surface area contributed by atoms with Gasteiger partial charge >= 0.3 is 0 Å². The van der Waals surface area contributed by atoms with Crippen LogP contribution in [0, 0.1) is 14.4 Å². The quantitative estimate of drug-likeness (QED) is 0.353. The van der Waals surface area contributed by atoms with Crippen LogP contribution in [-0.4, -0.2) is 14.7 Å². The van der Waals surface area contributed by atoms with Crippen molar-refractivity contribution in [1.29, 1.82) is 0 Å².